The maximum atomic E-state index is 2.53. The Morgan fingerprint density at radius 2 is 0.857 bits per heavy atom. The molecule has 0 aliphatic carbocycles. The topological polar surface area (TPSA) is 3.24 Å². The lowest BCUT2D eigenvalue weighted by molar-refractivity contribution is 1.29. The molecule has 1 nitrogen and oxygen atoms in total. The summed E-state index contributed by atoms with van der Waals surface area (Å²) >= 11 is 0. The molecule has 0 unspecified atom stereocenters. The first-order chi connectivity index (χ1) is 23.8. The van der Waals surface area contributed by atoms with Gasteiger partial charge in [-0.15, -0.1) is 0 Å². The van der Waals surface area contributed by atoms with Crippen molar-refractivity contribution < 1.29 is 0 Å². The smallest absolute Gasteiger partial charge is 0.113 e. The van der Waals surface area contributed by atoms with Crippen LogP contribution in [0.15, 0.2) is 164 Å². The van der Waals surface area contributed by atoms with Crippen LogP contribution in [0, 0.1) is 0 Å². The Hall–Kier alpha value is -5.23. The van der Waals surface area contributed by atoms with Crippen LogP contribution in [0.2, 0.25) is 26.2 Å². The Labute approximate surface area is 292 Å². The highest BCUT2D eigenvalue weighted by Gasteiger charge is 2.41. The molecule has 0 N–H and O–H groups in total. The minimum atomic E-state index is -2.00. The van der Waals surface area contributed by atoms with E-state index in [2.05, 4.69) is 195 Å². The second kappa shape index (κ2) is 11.2. The molecule has 0 bridgehead atoms. The summed E-state index contributed by atoms with van der Waals surface area (Å²) in [4.78, 5) is 2.53. The van der Waals surface area contributed by atoms with Crippen LogP contribution in [-0.2, 0) is 0 Å². The molecule has 0 saturated heterocycles. The van der Waals surface area contributed by atoms with Gasteiger partial charge in [-0.3, -0.25) is 0 Å². The number of hydrogen-bond donors (Lipinski definition) is 0. The van der Waals surface area contributed by atoms with Gasteiger partial charge in [0.05, 0.1) is 5.69 Å². The second-order valence-electron chi connectivity index (χ2n) is 14.6. The maximum absolute atomic E-state index is 2.53. The fraction of sp³-hybridized carbons (Fsp3) is 0.0870. The summed E-state index contributed by atoms with van der Waals surface area (Å²) in [5.74, 6) is 0. The fourth-order valence-corrected chi connectivity index (χ4v) is 14.6. The van der Waals surface area contributed by atoms with Gasteiger partial charge in [-0.1, -0.05) is 160 Å². The molecule has 0 amide bonds. The van der Waals surface area contributed by atoms with Crippen LogP contribution in [0.4, 0.5) is 17.1 Å². The predicted molar refractivity (Wildman–Crippen MR) is 216 cm³/mol. The first-order valence-electron chi connectivity index (χ1n) is 17.4. The zero-order valence-corrected chi connectivity index (χ0v) is 30.5. The van der Waals surface area contributed by atoms with Crippen LogP contribution in [0.5, 0.6) is 0 Å². The molecule has 2 aliphatic heterocycles. The lowest BCUT2D eigenvalue weighted by Gasteiger charge is -2.30. The van der Waals surface area contributed by atoms with Gasteiger partial charge >= 0.3 is 0 Å². The second-order valence-corrected chi connectivity index (χ2v) is 23.3. The fourth-order valence-electron chi connectivity index (χ4n) is 8.46. The number of benzene rings is 7. The molecule has 3 heteroatoms. The number of anilines is 3. The highest BCUT2D eigenvalue weighted by Crippen LogP contribution is 2.44. The summed E-state index contributed by atoms with van der Waals surface area (Å²) < 4.78 is 0. The van der Waals surface area contributed by atoms with E-state index in [9.17, 15) is 0 Å². The molecule has 2 heterocycles. The average molecular weight is 662 g/mol. The lowest BCUT2D eigenvalue weighted by atomic mass is 9.99. The molecule has 49 heavy (non-hydrogen) atoms. The van der Waals surface area contributed by atoms with Crippen LogP contribution in [-0.4, -0.2) is 16.1 Å². The molecule has 0 fully saturated rings. The van der Waals surface area contributed by atoms with Gasteiger partial charge in [-0.2, -0.15) is 0 Å². The van der Waals surface area contributed by atoms with Gasteiger partial charge in [0.2, 0.25) is 0 Å². The van der Waals surface area contributed by atoms with Crippen LogP contribution < -0.4 is 25.6 Å². The van der Waals surface area contributed by atoms with E-state index in [-0.39, 0.29) is 0 Å². The van der Waals surface area contributed by atoms with Crippen molar-refractivity contribution in [1.29, 1.82) is 0 Å². The first kappa shape index (κ1) is 29.9. The Bertz CT molecular complexity index is 2370. The van der Waals surface area contributed by atoms with Crippen LogP contribution in [0.3, 0.4) is 0 Å². The van der Waals surface area contributed by atoms with Crippen LogP contribution >= 0.6 is 0 Å². The molecule has 7 aromatic rings. The molecule has 9 rings (SSSR count). The van der Waals surface area contributed by atoms with Crippen molar-refractivity contribution in [2.45, 2.75) is 26.2 Å². The third-order valence-corrected chi connectivity index (χ3v) is 18.2. The standard InChI is InChI=1S/C46H39NSi2/c1-48(2)42-20-12-11-18-40(42)46-41(19-13-21-43(46)48)47(36-25-22-34(23-26-36)32-14-7-5-8-15-32)37-27-29-39-38-28-24-35(33-16-9-6-10-17-33)30-44(38)49(3,4)45(39)31-37/h5-31H,1-4H3. The molecular formula is C46H39NSi2. The molecule has 0 radical (unpaired) electrons. The lowest BCUT2D eigenvalue weighted by Crippen LogP contribution is -2.49. The van der Waals surface area contributed by atoms with Crippen molar-refractivity contribution in [3.8, 4) is 44.5 Å². The third kappa shape index (κ3) is 4.64. The summed E-state index contributed by atoms with van der Waals surface area (Å²) in [5.41, 5.74) is 14.3. The predicted octanol–water partition coefficient (Wildman–Crippen LogP) is 10.1. The van der Waals surface area contributed by atoms with Gasteiger partial charge in [0, 0.05) is 16.9 Å². The Morgan fingerprint density at radius 1 is 0.347 bits per heavy atom. The van der Waals surface area contributed by atoms with Gasteiger partial charge in [-0.25, -0.2) is 0 Å². The average Bonchev–Trinajstić information content (AvgIpc) is 3.52. The number of fused-ring (bicyclic) bond motifs is 6. The molecule has 0 saturated carbocycles. The highest BCUT2D eigenvalue weighted by atomic mass is 28.3. The SMILES string of the molecule is C[Si]1(C)c2cc(-c3ccccc3)ccc2-c2ccc(N(c3ccc(-c4ccccc4)cc3)c3cccc4c3-c3ccccc3[Si]4(C)C)cc21. The normalized spacial score (nSPS) is 14.4. The van der Waals surface area contributed by atoms with Crippen LogP contribution in [0.25, 0.3) is 44.5 Å². The molecule has 0 aromatic heterocycles. The van der Waals surface area contributed by atoms with E-state index >= 15 is 0 Å². The van der Waals surface area contributed by atoms with E-state index in [0.29, 0.717) is 0 Å². The summed E-state index contributed by atoms with van der Waals surface area (Å²) in [6.07, 6.45) is 0. The molecule has 2 aliphatic rings. The monoisotopic (exact) mass is 661 g/mol. The maximum Gasteiger partial charge on any atom is 0.113 e. The van der Waals surface area contributed by atoms with Crippen molar-refractivity contribution in [3.63, 3.8) is 0 Å². The van der Waals surface area contributed by atoms with Crippen molar-refractivity contribution in [1.82, 2.24) is 0 Å². The van der Waals surface area contributed by atoms with Crippen molar-refractivity contribution in [3.05, 3.63) is 164 Å². The minimum Gasteiger partial charge on any atom is -0.310 e. The summed E-state index contributed by atoms with van der Waals surface area (Å²) in [6.45, 7) is 10.1. The Morgan fingerprint density at radius 3 is 1.57 bits per heavy atom. The highest BCUT2D eigenvalue weighted by molar-refractivity contribution is 7.04. The van der Waals surface area contributed by atoms with Crippen molar-refractivity contribution >= 4 is 54.0 Å². The number of rotatable bonds is 5. The molecule has 7 aromatic carbocycles. The Balaban J connectivity index is 1.22. The quantitative estimate of drug-likeness (QED) is 0.166. The van der Waals surface area contributed by atoms with E-state index in [1.165, 1.54) is 82.3 Å². The molecular weight excluding hydrogens is 623 g/mol. The van der Waals surface area contributed by atoms with E-state index < -0.39 is 16.1 Å². The largest absolute Gasteiger partial charge is 0.310 e. The van der Waals surface area contributed by atoms with Crippen molar-refractivity contribution in [2.24, 2.45) is 0 Å². The third-order valence-electron chi connectivity index (χ3n) is 11.1. The first-order valence-corrected chi connectivity index (χ1v) is 23.4. The van der Waals surface area contributed by atoms with Crippen molar-refractivity contribution in [2.75, 3.05) is 4.90 Å². The van der Waals surface area contributed by atoms with E-state index in [4.69, 9.17) is 0 Å². The molecule has 236 valence electrons. The molecule has 0 atom stereocenters. The van der Waals surface area contributed by atoms with Gasteiger partial charge in [0.1, 0.15) is 16.1 Å². The van der Waals surface area contributed by atoms with Gasteiger partial charge in [0.15, 0.2) is 0 Å². The van der Waals surface area contributed by atoms with Gasteiger partial charge < -0.3 is 4.90 Å². The number of nitrogens with zero attached hydrogens (tertiary/aromatic N) is 1. The Kier molecular flexibility index (Phi) is 6.81. The van der Waals surface area contributed by atoms with Gasteiger partial charge in [0.25, 0.3) is 0 Å². The van der Waals surface area contributed by atoms with Crippen LogP contribution in [0.1, 0.15) is 0 Å². The van der Waals surface area contributed by atoms with E-state index in [1.54, 1.807) is 0 Å². The van der Waals surface area contributed by atoms with E-state index in [1.807, 2.05) is 0 Å². The molecule has 0 spiro atoms. The zero-order valence-electron chi connectivity index (χ0n) is 28.5. The zero-order chi connectivity index (χ0) is 33.3. The van der Waals surface area contributed by atoms with Gasteiger partial charge in [-0.05, 0) is 90.0 Å². The summed E-state index contributed by atoms with van der Waals surface area (Å²) in [7, 11) is -3.85. The minimum absolute atomic E-state index is 1.18. The summed E-state index contributed by atoms with van der Waals surface area (Å²) in [5, 5.41) is 6.10. The summed E-state index contributed by atoms with van der Waals surface area (Å²) in [6, 6.07) is 61.2. The number of hydrogen-bond acceptors (Lipinski definition) is 1. The van der Waals surface area contributed by atoms with E-state index in [0.717, 1.165) is 0 Å².